The number of rotatable bonds is 9. The third-order valence-corrected chi connectivity index (χ3v) is 5.59. The molecule has 34 heavy (non-hydrogen) atoms. The van der Waals surface area contributed by atoms with Crippen LogP contribution in [0.4, 0.5) is 0 Å². The summed E-state index contributed by atoms with van der Waals surface area (Å²) in [5, 5.41) is 28.5. The molecule has 9 heteroatoms. The third-order valence-electron chi connectivity index (χ3n) is 5.59. The first-order valence-electron chi connectivity index (χ1n) is 11.3. The molecule has 0 bridgehead atoms. The molecule has 1 aromatic heterocycles. The van der Waals surface area contributed by atoms with Gasteiger partial charge in [0.1, 0.15) is 11.8 Å². The van der Waals surface area contributed by atoms with Crippen molar-refractivity contribution >= 4 is 5.91 Å². The number of aliphatic hydroxyl groups excluding tert-OH is 1. The highest BCUT2D eigenvalue weighted by molar-refractivity contribution is 5.78. The fraction of sp³-hybridized carbons (Fsp3) is 0.360. The van der Waals surface area contributed by atoms with Crippen molar-refractivity contribution in [3.63, 3.8) is 0 Å². The molecule has 0 saturated heterocycles. The van der Waals surface area contributed by atoms with Crippen LogP contribution in [0.2, 0.25) is 0 Å². The van der Waals surface area contributed by atoms with Crippen LogP contribution in [0.15, 0.2) is 40.9 Å². The van der Waals surface area contributed by atoms with Crippen LogP contribution in [0.25, 0.3) is 22.8 Å². The number of fused-ring (bicyclic) bond motifs is 1. The molecule has 176 valence electrons. The Balaban J connectivity index is 1.53. The number of nitriles is 1. The lowest BCUT2D eigenvalue weighted by Gasteiger charge is -2.14. The van der Waals surface area contributed by atoms with Gasteiger partial charge in [-0.2, -0.15) is 10.2 Å². The Morgan fingerprint density at radius 1 is 1.35 bits per heavy atom. The topological polar surface area (TPSA) is 133 Å². The Morgan fingerprint density at radius 3 is 2.97 bits per heavy atom. The highest BCUT2D eigenvalue weighted by atomic mass is 16.5. The molecule has 3 aromatic rings. The molecule has 1 aliphatic rings. The van der Waals surface area contributed by atoms with E-state index >= 15 is 0 Å². The largest absolute Gasteiger partial charge is 0.490 e. The summed E-state index contributed by atoms with van der Waals surface area (Å²) in [6, 6.07) is 13.4. The highest BCUT2D eigenvalue weighted by Crippen LogP contribution is 2.37. The summed E-state index contributed by atoms with van der Waals surface area (Å²) in [6.07, 6.45) is 1.64. The standard InChI is InChI=1S/C25H27N5O4/c1-15(2)33-22-9-6-16(12-17(22)13-26)25-29-24(30-34-25)20-5-3-4-19-18(20)7-8-21(19)28-14-23(32)27-10-11-31/h3-6,9,12,15,21,28,31H,7-8,10-11,14H2,1-2H3,(H,27,32)/t21-/m0/s1. The molecule has 3 N–H and O–H groups in total. The molecule has 0 aliphatic heterocycles. The number of hydrogen-bond acceptors (Lipinski definition) is 8. The van der Waals surface area contributed by atoms with Gasteiger partial charge >= 0.3 is 0 Å². The Bertz CT molecular complexity index is 1210. The summed E-state index contributed by atoms with van der Waals surface area (Å²) < 4.78 is 11.2. The van der Waals surface area contributed by atoms with Gasteiger partial charge in [0.05, 0.1) is 24.8 Å². The molecule has 1 aliphatic carbocycles. The van der Waals surface area contributed by atoms with Crippen LogP contribution in [0.1, 0.15) is 43.0 Å². The summed E-state index contributed by atoms with van der Waals surface area (Å²) in [4.78, 5) is 16.5. The lowest BCUT2D eigenvalue weighted by molar-refractivity contribution is -0.120. The molecule has 0 saturated carbocycles. The Labute approximate surface area is 197 Å². The zero-order valence-electron chi connectivity index (χ0n) is 19.2. The predicted molar refractivity (Wildman–Crippen MR) is 125 cm³/mol. The van der Waals surface area contributed by atoms with Gasteiger partial charge in [-0.1, -0.05) is 23.4 Å². The molecule has 9 nitrogen and oxygen atoms in total. The van der Waals surface area contributed by atoms with Gasteiger partial charge in [-0.15, -0.1) is 0 Å². The molecular formula is C25H27N5O4. The van der Waals surface area contributed by atoms with Crippen LogP contribution in [0.3, 0.4) is 0 Å². The number of carbonyl (C=O) groups excluding carboxylic acids is 1. The van der Waals surface area contributed by atoms with Gasteiger partial charge in [-0.05, 0) is 56.0 Å². The van der Waals surface area contributed by atoms with E-state index in [9.17, 15) is 10.1 Å². The molecular weight excluding hydrogens is 434 g/mol. The molecule has 0 spiro atoms. The Kier molecular flexibility index (Phi) is 7.21. The maximum atomic E-state index is 11.9. The van der Waals surface area contributed by atoms with Crippen LogP contribution in [0.5, 0.6) is 5.75 Å². The number of amides is 1. The maximum absolute atomic E-state index is 11.9. The molecule has 0 fully saturated rings. The van der Waals surface area contributed by atoms with Crippen molar-refractivity contribution in [1.29, 1.82) is 5.26 Å². The van der Waals surface area contributed by atoms with E-state index in [1.54, 1.807) is 18.2 Å². The fourth-order valence-corrected chi connectivity index (χ4v) is 4.11. The van der Waals surface area contributed by atoms with Gasteiger partial charge in [0.2, 0.25) is 11.7 Å². The average Bonchev–Trinajstić information content (AvgIpc) is 3.49. The van der Waals surface area contributed by atoms with Crippen molar-refractivity contribution in [3.8, 4) is 34.7 Å². The van der Waals surface area contributed by atoms with Gasteiger partial charge in [-0.3, -0.25) is 4.79 Å². The summed E-state index contributed by atoms with van der Waals surface area (Å²) in [5.41, 5.74) is 4.18. The monoisotopic (exact) mass is 461 g/mol. The van der Waals surface area contributed by atoms with E-state index in [4.69, 9.17) is 14.4 Å². The van der Waals surface area contributed by atoms with E-state index in [2.05, 4.69) is 26.8 Å². The minimum absolute atomic E-state index is 0.0404. The number of hydrogen-bond donors (Lipinski definition) is 3. The van der Waals surface area contributed by atoms with Crippen molar-refractivity contribution in [2.24, 2.45) is 0 Å². The van der Waals surface area contributed by atoms with Gasteiger partial charge in [0.15, 0.2) is 0 Å². The highest BCUT2D eigenvalue weighted by Gasteiger charge is 2.27. The Morgan fingerprint density at radius 2 is 2.21 bits per heavy atom. The molecule has 1 amide bonds. The summed E-state index contributed by atoms with van der Waals surface area (Å²) in [6.45, 7) is 4.16. The number of ether oxygens (including phenoxy) is 1. The number of nitrogens with one attached hydrogen (secondary N) is 2. The van der Waals surface area contributed by atoms with Gasteiger partial charge in [0.25, 0.3) is 5.89 Å². The smallest absolute Gasteiger partial charge is 0.258 e. The van der Waals surface area contributed by atoms with E-state index < -0.39 is 0 Å². The lowest BCUT2D eigenvalue weighted by atomic mass is 10.0. The molecule has 4 rings (SSSR count). The second kappa shape index (κ2) is 10.5. The average molecular weight is 462 g/mol. The van der Waals surface area contributed by atoms with Crippen molar-refractivity contribution in [3.05, 3.63) is 53.1 Å². The van der Waals surface area contributed by atoms with Crippen molar-refractivity contribution in [1.82, 2.24) is 20.8 Å². The van der Waals surface area contributed by atoms with Gasteiger partial charge in [-0.25, -0.2) is 0 Å². The summed E-state index contributed by atoms with van der Waals surface area (Å²) in [7, 11) is 0. The number of aromatic nitrogens is 2. The van der Waals surface area contributed by atoms with Crippen molar-refractivity contribution in [2.45, 2.75) is 38.8 Å². The number of benzene rings is 2. The van der Waals surface area contributed by atoms with Crippen molar-refractivity contribution < 1.29 is 19.2 Å². The molecule has 2 aromatic carbocycles. The lowest BCUT2D eigenvalue weighted by Crippen LogP contribution is -2.36. The maximum Gasteiger partial charge on any atom is 0.258 e. The summed E-state index contributed by atoms with van der Waals surface area (Å²) in [5.74, 6) is 1.18. The number of aliphatic hydroxyl groups is 1. The zero-order valence-corrected chi connectivity index (χ0v) is 19.2. The van der Waals surface area contributed by atoms with Gasteiger partial charge < -0.3 is 25.0 Å². The second-order valence-corrected chi connectivity index (χ2v) is 8.33. The van der Waals surface area contributed by atoms with E-state index in [0.29, 0.717) is 28.6 Å². The van der Waals surface area contributed by atoms with Crippen LogP contribution in [-0.2, 0) is 11.2 Å². The van der Waals surface area contributed by atoms with Crippen LogP contribution in [0, 0.1) is 11.3 Å². The molecule has 1 heterocycles. The quantitative estimate of drug-likeness (QED) is 0.443. The molecule has 0 radical (unpaired) electrons. The normalized spacial score (nSPS) is 14.6. The first-order valence-corrected chi connectivity index (χ1v) is 11.3. The van der Waals surface area contributed by atoms with E-state index in [1.165, 1.54) is 0 Å². The van der Waals surface area contributed by atoms with Crippen LogP contribution in [-0.4, -0.2) is 47.0 Å². The minimum Gasteiger partial charge on any atom is -0.490 e. The van der Waals surface area contributed by atoms with Gasteiger partial charge in [0, 0.05) is 23.7 Å². The van der Waals surface area contributed by atoms with E-state index in [1.807, 2.05) is 32.0 Å². The zero-order chi connectivity index (χ0) is 24.1. The SMILES string of the molecule is CC(C)Oc1ccc(-c2nc(-c3cccc4c3CC[C@@H]4NCC(=O)NCCO)no2)cc1C#N. The number of nitrogens with zero attached hydrogens (tertiary/aromatic N) is 3. The van der Waals surface area contributed by atoms with E-state index in [0.717, 1.165) is 29.5 Å². The van der Waals surface area contributed by atoms with Crippen molar-refractivity contribution in [2.75, 3.05) is 19.7 Å². The first-order chi connectivity index (χ1) is 16.5. The molecule has 1 atom stereocenters. The third kappa shape index (κ3) is 5.09. The fourth-order valence-electron chi connectivity index (χ4n) is 4.11. The number of carbonyl (C=O) groups is 1. The van der Waals surface area contributed by atoms with Crippen LogP contribution < -0.4 is 15.4 Å². The Hall–Kier alpha value is -3.74. The predicted octanol–water partition coefficient (Wildman–Crippen LogP) is 2.75. The van der Waals surface area contributed by atoms with Crippen LogP contribution >= 0.6 is 0 Å². The minimum atomic E-state index is -0.150. The summed E-state index contributed by atoms with van der Waals surface area (Å²) >= 11 is 0. The second-order valence-electron chi connectivity index (χ2n) is 8.33. The van der Waals surface area contributed by atoms with E-state index in [-0.39, 0.29) is 37.7 Å². The molecule has 0 unspecified atom stereocenters. The first kappa shape index (κ1) is 23.4.